The minimum Gasteiger partial charge on any atom is -0.256 e. The second-order valence-corrected chi connectivity index (χ2v) is 10.1. The fraction of sp³-hybridized carbons (Fsp3) is 0.216. The van der Waals surface area contributed by atoms with Gasteiger partial charge in [-0.05, 0) is 77.6 Å². The third-order valence-electron chi connectivity index (χ3n) is 7.42. The molecule has 0 unspecified atom stereocenters. The van der Waals surface area contributed by atoms with Gasteiger partial charge in [-0.1, -0.05) is 123 Å². The molecule has 0 aliphatic carbocycles. The highest BCUT2D eigenvalue weighted by Gasteiger charge is 2.09. The maximum Gasteiger partial charge on any atom is 0.0705 e. The van der Waals surface area contributed by atoms with Crippen LogP contribution >= 0.6 is 0 Å². The largest absolute Gasteiger partial charge is 0.256 e. The van der Waals surface area contributed by atoms with E-state index in [2.05, 4.69) is 116 Å². The Morgan fingerprint density at radius 3 is 1.84 bits per heavy atom. The molecule has 0 amide bonds. The maximum absolute atomic E-state index is 4.87. The molecule has 0 bridgehead atoms. The predicted octanol–water partition coefficient (Wildman–Crippen LogP) is 9.99. The van der Waals surface area contributed by atoms with Crippen LogP contribution in [0, 0.1) is 0 Å². The van der Waals surface area contributed by atoms with Crippen molar-refractivity contribution in [3.05, 3.63) is 138 Å². The van der Waals surface area contributed by atoms with Gasteiger partial charge in [-0.15, -0.1) is 0 Å². The number of hydrogen-bond donors (Lipinski definition) is 0. The molecule has 1 nitrogen and oxygen atoms in total. The van der Waals surface area contributed by atoms with Crippen LogP contribution in [0.5, 0.6) is 0 Å². The van der Waals surface area contributed by atoms with Crippen molar-refractivity contribution in [3.63, 3.8) is 0 Å². The summed E-state index contributed by atoms with van der Waals surface area (Å²) in [5, 5.41) is 0. The monoisotopic (exact) mass is 495 g/mol. The average molecular weight is 496 g/mol. The number of pyridine rings is 1. The molecule has 1 heterocycles. The zero-order valence-corrected chi connectivity index (χ0v) is 22.4. The number of nitrogens with zero attached hydrogens (tertiary/aromatic N) is 1. The van der Waals surface area contributed by atoms with Crippen molar-refractivity contribution >= 4 is 0 Å². The van der Waals surface area contributed by atoms with E-state index in [1.54, 1.807) is 0 Å². The number of aryl methyl sites for hydroxylation is 3. The lowest BCUT2D eigenvalue weighted by Gasteiger charge is -2.12. The van der Waals surface area contributed by atoms with Crippen molar-refractivity contribution in [2.45, 2.75) is 51.9 Å². The minimum absolute atomic E-state index is 0.988. The van der Waals surface area contributed by atoms with Crippen molar-refractivity contribution < 1.29 is 0 Å². The van der Waals surface area contributed by atoms with Crippen LogP contribution in [-0.2, 0) is 19.3 Å². The second-order valence-electron chi connectivity index (χ2n) is 10.1. The lowest BCUT2D eigenvalue weighted by Crippen LogP contribution is -1.93. The Bertz CT molecular complexity index is 1420. The highest BCUT2D eigenvalue weighted by Crippen LogP contribution is 2.31. The average Bonchev–Trinajstić information content (AvgIpc) is 3.00. The van der Waals surface area contributed by atoms with E-state index in [0.717, 1.165) is 24.1 Å². The molecule has 0 spiro atoms. The molecule has 190 valence electrons. The molecule has 0 radical (unpaired) electrons. The first-order chi connectivity index (χ1) is 18.8. The fourth-order valence-corrected chi connectivity index (χ4v) is 5.22. The van der Waals surface area contributed by atoms with Crippen molar-refractivity contribution in [2.24, 2.45) is 0 Å². The quantitative estimate of drug-likeness (QED) is 0.166. The molecule has 0 aliphatic rings. The third-order valence-corrected chi connectivity index (χ3v) is 7.42. The molecule has 0 atom stereocenters. The zero-order valence-electron chi connectivity index (χ0n) is 22.4. The van der Waals surface area contributed by atoms with Gasteiger partial charge in [-0.25, -0.2) is 0 Å². The molecule has 4 aromatic carbocycles. The molecular formula is C37H37N. The van der Waals surface area contributed by atoms with E-state index in [-0.39, 0.29) is 0 Å². The molecule has 0 aliphatic heterocycles. The maximum atomic E-state index is 4.87. The minimum atomic E-state index is 0.988. The number of benzene rings is 4. The summed E-state index contributed by atoms with van der Waals surface area (Å²) in [6.45, 7) is 2.22. The molecular weight excluding hydrogens is 458 g/mol. The van der Waals surface area contributed by atoms with Gasteiger partial charge >= 0.3 is 0 Å². The van der Waals surface area contributed by atoms with Crippen LogP contribution in [0.1, 0.15) is 49.3 Å². The molecule has 0 saturated carbocycles. The summed E-state index contributed by atoms with van der Waals surface area (Å²) >= 11 is 0. The van der Waals surface area contributed by atoms with Crippen molar-refractivity contribution in [1.82, 2.24) is 4.98 Å². The third kappa shape index (κ3) is 6.66. The van der Waals surface area contributed by atoms with Crippen LogP contribution in [0.3, 0.4) is 0 Å². The number of rotatable bonds is 11. The van der Waals surface area contributed by atoms with Gasteiger partial charge in [0.15, 0.2) is 0 Å². The van der Waals surface area contributed by atoms with Gasteiger partial charge in [0.05, 0.1) is 5.69 Å². The Balaban J connectivity index is 1.24. The van der Waals surface area contributed by atoms with Gasteiger partial charge in [0.1, 0.15) is 0 Å². The second kappa shape index (κ2) is 13.0. The van der Waals surface area contributed by atoms with E-state index < -0.39 is 0 Å². The van der Waals surface area contributed by atoms with Crippen LogP contribution in [-0.4, -0.2) is 4.98 Å². The molecule has 0 N–H and O–H groups in total. The Morgan fingerprint density at radius 1 is 0.500 bits per heavy atom. The highest BCUT2D eigenvalue weighted by atomic mass is 14.7. The molecule has 5 aromatic rings. The van der Waals surface area contributed by atoms with E-state index in [9.17, 15) is 0 Å². The van der Waals surface area contributed by atoms with Gasteiger partial charge < -0.3 is 0 Å². The van der Waals surface area contributed by atoms with Gasteiger partial charge in [0.25, 0.3) is 0 Å². The summed E-state index contributed by atoms with van der Waals surface area (Å²) in [4.78, 5) is 4.87. The lowest BCUT2D eigenvalue weighted by atomic mass is 9.94. The Labute approximate surface area is 228 Å². The number of aromatic nitrogens is 1. The van der Waals surface area contributed by atoms with E-state index in [4.69, 9.17) is 4.98 Å². The fourth-order valence-electron chi connectivity index (χ4n) is 5.22. The van der Waals surface area contributed by atoms with Crippen LogP contribution in [0.25, 0.3) is 33.5 Å². The van der Waals surface area contributed by atoms with Crippen molar-refractivity contribution in [3.8, 4) is 33.5 Å². The Hall–Kier alpha value is -3.97. The standard InChI is InChI=1S/C37H37N/c1-2-31-22-23-34(27-36(31)37-25-24-35(28-38-37)32-19-11-6-12-20-32)33-21-13-18-30(26-33)17-8-4-3-7-14-29-15-9-5-10-16-29/h5-6,9-13,15-16,18-28H,2-4,7-8,14,17H2,1H3. The van der Waals surface area contributed by atoms with Gasteiger partial charge in [-0.3, -0.25) is 4.98 Å². The summed E-state index contributed by atoms with van der Waals surface area (Å²) in [7, 11) is 0. The summed E-state index contributed by atoms with van der Waals surface area (Å²) in [5.74, 6) is 0. The summed E-state index contributed by atoms with van der Waals surface area (Å²) < 4.78 is 0. The number of unbranched alkanes of at least 4 members (excludes halogenated alkanes) is 3. The lowest BCUT2D eigenvalue weighted by molar-refractivity contribution is 0.640. The Morgan fingerprint density at radius 2 is 1.13 bits per heavy atom. The first-order valence-corrected chi connectivity index (χ1v) is 14.1. The molecule has 38 heavy (non-hydrogen) atoms. The van der Waals surface area contributed by atoms with Crippen LogP contribution in [0.2, 0.25) is 0 Å². The van der Waals surface area contributed by atoms with Crippen LogP contribution in [0.15, 0.2) is 121 Å². The molecule has 0 saturated heterocycles. The van der Waals surface area contributed by atoms with E-state index in [1.165, 1.54) is 71.0 Å². The van der Waals surface area contributed by atoms with Gasteiger partial charge in [0.2, 0.25) is 0 Å². The van der Waals surface area contributed by atoms with Crippen LogP contribution < -0.4 is 0 Å². The smallest absolute Gasteiger partial charge is 0.0705 e. The van der Waals surface area contributed by atoms with Crippen molar-refractivity contribution in [1.29, 1.82) is 0 Å². The first-order valence-electron chi connectivity index (χ1n) is 14.1. The highest BCUT2D eigenvalue weighted by molar-refractivity contribution is 5.75. The number of hydrogen-bond acceptors (Lipinski definition) is 1. The van der Waals surface area contributed by atoms with E-state index in [0.29, 0.717) is 0 Å². The van der Waals surface area contributed by atoms with Crippen molar-refractivity contribution in [2.75, 3.05) is 0 Å². The normalized spacial score (nSPS) is 11.0. The predicted molar refractivity (Wildman–Crippen MR) is 162 cm³/mol. The first kappa shape index (κ1) is 25.7. The summed E-state index contributed by atoms with van der Waals surface area (Å²) in [6.07, 6.45) is 10.4. The molecule has 1 heteroatoms. The van der Waals surface area contributed by atoms with E-state index >= 15 is 0 Å². The molecule has 5 rings (SSSR count). The SMILES string of the molecule is CCc1ccc(-c2cccc(CCCCCCc3ccccc3)c2)cc1-c1ccc(-c2ccccc2)cn1. The summed E-state index contributed by atoms with van der Waals surface area (Å²) in [6, 6.07) is 41.6. The van der Waals surface area contributed by atoms with Gasteiger partial charge in [0, 0.05) is 17.3 Å². The zero-order chi connectivity index (χ0) is 26.0. The van der Waals surface area contributed by atoms with E-state index in [1.807, 2.05) is 12.3 Å². The van der Waals surface area contributed by atoms with Crippen LogP contribution in [0.4, 0.5) is 0 Å². The molecule has 1 aromatic heterocycles. The van der Waals surface area contributed by atoms with Gasteiger partial charge in [-0.2, -0.15) is 0 Å². The topological polar surface area (TPSA) is 12.9 Å². The Kier molecular flexibility index (Phi) is 8.79. The molecule has 0 fully saturated rings. The summed E-state index contributed by atoms with van der Waals surface area (Å²) in [5.41, 5.74) is 11.4.